The third-order valence-corrected chi connectivity index (χ3v) is 4.75. The Labute approximate surface area is 111 Å². The maximum absolute atomic E-state index is 6.03. The van der Waals surface area contributed by atoms with Gasteiger partial charge in [-0.3, -0.25) is 5.84 Å². The predicted octanol–water partition coefficient (Wildman–Crippen LogP) is 3.26. The number of halogens is 1. The molecule has 0 amide bonds. The van der Waals surface area contributed by atoms with Crippen LogP contribution in [0.3, 0.4) is 0 Å². The van der Waals surface area contributed by atoms with Gasteiger partial charge in [-0.05, 0) is 31.9 Å². The molecule has 5 heteroatoms. The summed E-state index contributed by atoms with van der Waals surface area (Å²) in [5, 5.41) is 0. The molecule has 1 heterocycles. The van der Waals surface area contributed by atoms with Crippen molar-refractivity contribution in [2.75, 3.05) is 6.61 Å². The van der Waals surface area contributed by atoms with Crippen LogP contribution in [0.1, 0.15) is 43.5 Å². The van der Waals surface area contributed by atoms with E-state index in [1.807, 2.05) is 19.1 Å². The largest absolute Gasteiger partial charge is 0.373 e. The Balaban J connectivity index is 2.26. The number of rotatable bonds is 5. The van der Waals surface area contributed by atoms with Crippen molar-refractivity contribution in [2.45, 2.75) is 44.2 Å². The molecule has 1 atom stereocenters. The zero-order chi connectivity index (χ0) is 12.3. The van der Waals surface area contributed by atoms with Gasteiger partial charge in [-0.15, -0.1) is 11.3 Å². The van der Waals surface area contributed by atoms with E-state index in [9.17, 15) is 0 Å². The van der Waals surface area contributed by atoms with Crippen LogP contribution in [0.5, 0.6) is 0 Å². The third kappa shape index (κ3) is 2.66. The van der Waals surface area contributed by atoms with Crippen molar-refractivity contribution in [1.29, 1.82) is 0 Å². The van der Waals surface area contributed by atoms with Crippen molar-refractivity contribution in [3.63, 3.8) is 0 Å². The van der Waals surface area contributed by atoms with E-state index in [1.54, 1.807) is 11.3 Å². The van der Waals surface area contributed by atoms with Gasteiger partial charge in [0.15, 0.2) is 0 Å². The molecular weight excluding hydrogens is 256 g/mol. The van der Waals surface area contributed by atoms with Gasteiger partial charge in [-0.1, -0.05) is 24.4 Å². The van der Waals surface area contributed by atoms with E-state index >= 15 is 0 Å². The molecule has 1 aromatic heterocycles. The first-order chi connectivity index (χ1) is 8.22. The number of ether oxygens (including phenoxy) is 1. The molecule has 1 aliphatic carbocycles. The summed E-state index contributed by atoms with van der Waals surface area (Å²) in [6.07, 6.45) is 4.53. The first-order valence-electron chi connectivity index (χ1n) is 6.07. The smallest absolute Gasteiger partial charge is 0.0931 e. The van der Waals surface area contributed by atoms with Crippen molar-refractivity contribution in [3.8, 4) is 0 Å². The minimum absolute atomic E-state index is 0.0439. The highest BCUT2D eigenvalue weighted by molar-refractivity contribution is 7.16. The highest BCUT2D eigenvalue weighted by Crippen LogP contribution is 2.44. The highest BCUT2D eigenvalue weighted by Gasteiger charge is 2.43. The maximum atomic E-state index is 6.03. The van der Waals surface area contributed by atoms with E-state index in [4.69, 9.17) is 22.2 Å². The quantitative estimate of drug-likeness (QED) is 0.640. The molecule has 96 valence electrons. The molecule has 0 saturated heterocycles. The van der Waals surface area contributed by atoms with E-state index < -0.39 is 0 Å². The Morgan fingerprint density at radius 2 is 2.24 bits per heavy atom. The summed E-state index contributed by atoms with van der Waals surface area (Å²) in [4.78, 5) is 1.16. The summed E-state index contributed by atoms with van der Waals surface area (Å²) in [5.41, 5.74) is 2.77. The summed E-state index contributed by atoms with van der Waals surface area (Å²) in [6.45, 7) is 2.76. The van der Waals surface area contributed by atoms with Gasteiger partial charge in [-0.25, -0.2) is 5.43 Å². The second kappa shape index (κ2) is 5.67. The molecule has 17 heavy (non-hydrogen) atoms. The number of thiophene rings is 1. The van der Waals surface area contributed by atoms with E-state index in [-0.39, 0.29) is 11.6 Å². The number of nitrogens with two attached hydrogens (primary N) is 1. The molecule has 1 aromatic rings. The van der Waals surface area contributed by atoms with Crippen molar-refractivity contribution >= 4 is 22.9 Å². The Bertz CT molecular complexity index is 363. The van der Waals surface area contributed by atoms with Crippen molar-refractivity contribution in [1.82, 2.24) is 5.43 Å². The van der Waals surface area contributed by atoms with Gasteiger partial charge in [0.05, 0.1) is 16.0 Å². The van der Waals surface area contributed by atoms with Crippen LogP contribution in [-0.2, 0) is 4.74 Å². The SMILES string of the molecule is CCOC1(C(NN)c2ccc(Cl)s2)CCCC1. The minimum atomic E-state index is -0.155. The number of hydrogen-bond acceptors (Lipinski definition) is 4. The van der Waals surface area contributed by atoms with Gasteiger partial charge >= 0.3 is 0 Å². The van der Waals surface area contributed by atoms with Crippen LogP contribution in [0.25, 0.3) is 0 Å². The van der Waals surface area contributed by atoms with Gasteiger partial charge in [0, 0.05) is 11.5 Å². The van der Waals surface area contributed by atoms with Crippen molar-refractivity contribution < 1.29 is 4.74 Å². The lowest BCUT2D eigenvalue weighted by atomic mass is 9.91. The summed E-state index contributed by atoms with van der Waals surface area (Å²) in [7, 11) is 0. The standard InChI is InChI=1S/C12H19ClN2OS/c1-2-16-12(7-3-4-8-12)11(15-14)9-5-6-10(13)17-9/h5-6,11,15H,2-4,7-8,14H2,1H3. The molecular formula is C12H19ClN2OS. The van der Waals surface area contributed by atoms with Crippen LogP contribution < -0.4 is 11.3 Å². The second-order valence-electron chi connectivity index (χ2n) is 4.45. The van der Waals surface area contributed by atoms with Gasteiger partial charge in [-0.2, -0.15) is 0 Å². The van der Waals surface area contributed by atoms with Gasteiger partial charge in [0.25, 0.3) is 0 Å². The fourth-order valence-electron chi connectivity index (χ4n) is 2.75. The molecule has 1 fully saturated rings. The Hall–Kier alpha value is -0.130. The average Bonchev–Trinajstić information content (AvgIpc) is 2.91. The highest BCUT2D eigenvalue weighted by atomic mass is 35.5. The molecule has 0 bridgehead atoms. The molecule has 2 rings (SSSR count). The van der Waals surface area contributed by atoms with Crippen LogP contribution in [0, 0.1) is 0 Å². The van der Waals surface area contributed by atoms with Gasteiger partial charge in [0.1, 0.15) is 0 Å². The maximum Gasteiger partial charge on any atom is 0.0931 e. The topological polar surface area (TPSA) is 47.3 Å². The molecule has 0 aromatic carbocycles. The lowest BCUT2D eigenvalue weighted by Crippen LogP contribution is -2.46. The van der Waals surface area contributed by atoms with E-state index in [2.05, 4.69) is 5.43 Å². The second-order valence-corrected chi connectivity index (χ2v) is 6.19. The lowest BCUT2D eigenvalue weighted by molar-refractivity contribution is -0.0619. The summed E-state index contributed by atoms with van der Waals surface area (Å²) >= 11 is 7.57. The normalized spacial score (nSPS) is 20.6. The van der Waals surface area contributed by atoms with Crippen LogP contribution in [-0.4, -0.2) is 12.2 Å². The third-order valence-electron chi connectivity index (χ3n) is 3.45. The first-order valence-corrected chi connectivity index (χ1v) is 7.26. The summed E-state index contributed by atoms with van der Waals surface area (Å²) < 4.78 is 6.82. The molecule has 3 nitrogen and oxygen atoms in total. The van der Waals surface area contributed by atoms with Crippen LogP contribution in [0.4, 0.5) is 0 Å². The van der Waals surface area contributed by atoms with E-state index in [1.165, 1.54) is 12.8 Å². The van der Waals surface area contributed by atoms with E-state index in [0.717, 1.165) is 28.7 Å². The van der Waals surface area contributed by atoms with Gasteiger partial charge < -0.3 is 4.74 Å². The molecule has 1 unspecified atom stereocenters. The lowest BCUT2D eigenvalue weighted by Gasteiger charge is -2.36. The summed E-state index contributed by atoms with van der Waals surface area (Å²) in [6, 6.07) is 4.00. The molecule has 1 aliphatic rings. The number of nitrogens with one attached hydrogen (secondary N) is 1. The zero-order valence-electron chi connectivity index (χ0n) is 10.0. The number of hydrogen-bond donors (Lipinski definition) is 2. The zero-order valence-corrected chi connectivity index (χ0v) is 11.6. The monoisotopic (exact) mass is 274 g/mol. The predicted molar refractivity (Wildman–Crippen MR) is 72.2 cm³/mol. The molecule has 0 spiro atoms. The van der Waals surface area contributed by atoms with Crippen LogP contribution in [0.15, 0.2) is 12.1 Å². The Kier molecular flexibility index (Phi) is 4.44. The van der Waals surface area contributed by atoms with Crippen LogP contribution >= 0.6 is 22.9 Å². The average molecular weight is 275 g/mol. The molecule has 0 aliphatic heterocycles. The van der Waals surface area contributed by atoms with Crippen LogP contribution in [0.2, 0.25) is 4.34 Å². The molecule has 1 saturated carbocycles. The molecule has 0 radical (unpaired) electrons. The number of hydrazine groups is 1. The van der Waals surface area contributed by atoms with Crippen molar-refractivity contribution in [2.24, 2.45) is 5.84 Å². The Morgan fingerprint density at radius 1 is 1.53 bits per heavy atom. The fraction of sp³-hybridized carbons (Fsp3) is 0.667. The Morgan fingerprint density at radius 3 is 2.71 bits per heavy atom. The molecule has 3 N–H and O–H groups in total. The fourth-order valence-corrected chi connectivity index (χ4v) is 3.98. The van der Waals surface area contributed by atoms with Gasteiger partial charge in [0.2, 0.25) is 0 Å². The first kappa shape index (κ1) is 13.3. The summed E-state index contributed by atoms with van der Waals surface area (Å²) in [5.74, 6) is 5.74. The minimum Gasteiger partial charge on any atom is -0.373 e. The van der Waals surface area contributed by atoms with E-state index in [0.29, 0.717) is 0 Å². The van der Waals surface area contributed by atoms with Crippen molar-refractivity contribution in [3.05, 3.63) is 21.3 Å².